The molecule has 3 aliphatic rings. The van der Waals surface area contributed by atoms with Gasteiger partial charge in [-0.1, -0.05) is 6.42 Å². The molecule has 1 heterocycles. The SMILES string of the molecule is O=C(NCC1CCCC1O)C1CC(=O)N(CC2CC2)C1. The topological polar surface area (TPSA) is 69.6 Å². The van der Waals surface area contributed by atoms with Crippen LogP contribution in [0.4, 0.5) is 0 Å². The molecule has 0 aromatic heterocycles. The average Bonchev–Trinajstić information content (AvgIpc) is 3.03. The second-order valence-corrected chi connectivity index (χ2v) is 6.65. The van der Waals surface area contributed by atoms with Crippen LogP contribution in [-0.2, 0) is 9.59 Å². The third-order valence-corrected chi connectivity index (χ3v) is 4.92. The highest BCUT2D eigenvalue weighted by atomic mass is 16.3. The molecule has 2 amide bonds. The molecule has 2 saturated carbocycles. The van der Waals surface area contributed by atoms with Crippen molar-refractivity contribution in [1.82, 2.24) is 10.2 Å². The lowest BCUT2D eigenvalue weighted by atomic mass is 10.0. The van der Waals surface area contributed by atoms with Crippen molar-refractivity contribution in [2.75, 3.05) is 19.6 Å². The molecule has 2 N–H and O–H groups in total. The highest BCUT2D eigenvalue weighted by Gasteiger charge is 2.37. The van der Waals surface area contributed by atoms with Gasteiger partial charge in [-0.05, 0) is 31.6 Å². The maximum Gasteiger partial charge on any atom is 0.225 e. The number of likely N-dealkylation sites (tertiary alicyclic amines) is 1. The Balaban J connectivity index is 1.44. The summed E-state index contributed by atoms with van der Waals surface area (Å²) in [4.78, 5) is 25.9. The van der Waals surface area contributed by atoms with E-state index in [1.807, 2.05) is 4.90 Å². The summed E-state index contributed by atoms with van der Waals surface area (Å²) < 4.78 is 0. The summed E-state index contributed by atoms with van der Waals surface area (Å²) in [5, 5.41) is 12.7. The molecule has 5 heteroatoms. The summed E-state index contributed by atoms with van der Waals surface area (Å²) in [5.41, 5.74) is 0. The van der Waals surface area contributed by atoms with Gasteiger partial charge in [-0.25, -0.2) is 0 Å². The fraction of sp³-hybridized carbons (Fsp3) is 0.867. The number of carbonyl (C=O) groups excluding carboxylic acids is 2. The zero-order valence-electron chi connectivity index (χ0n) is 11.9. The number of aliphatic hydroxyl groups is 1. The first kappa shape index (κ1) is 13.9. The van der Waals surface area contributed by atoms with Gasteiger partial charge < -0.3 is 15.3 Å². The molecule has 0 radical (unpaired) electrons. The lowest BCUT2D eigenvalue weighted by Gasteiger charge is -2.18. The standard InChI is InChI=1S/C15H24N2O3/c18-13-3-1-2-11(13)7-16-15(20)12-6-14(19)17(9-12)8-10-4-5-10/h10-13,18H,1-9H2,(H,16,20). The molecule has 2 aliphatic carbocycles. The lowest BCUT2D eigenvalue weighted by Crippen LogP contribution is -2.37. The third kappa shape index (κ3) is 3.14. The first-order valence-electron chi connectivity index (χ1n) is 7.87. The van der Waals surface area contributed by atoms with Gasteiger partial charge in [-0.15, -0.1) is 0 Å². The molecule has 112 valence electrons. The van der Waals surface area contributed by atoms with Gasteiger partial charge in [0.2, 0.25) is 11.8 Å². The van der Waals surface area contributed by atoms with Crippen LogP contribution in [0.2, 0.25) is 0 Å². The number of hydrogen-bond donors (Lipinski definition) is 2. The van der Waals surface area contributed by atoms with Crippen molar-refractivity contribution in [2.45, 2.75) is 44.6 Å². The Kier molecular flexibility index (Phi) is 3.96. The van der Waals surface area contributed by atoms with Crippen LogP contribution in [0.25, 0.3) is 0 Å². The van der Waals surface area contributed by atoms with Gasteiger partial charge in [0.15, 0.2) is 0 Å². The van der Waals surface area contributed by atoms with Crippen LogP contribution < -0.4 is 5.32 Å². The lowest BCUT2D eigenvalue weighted by molar-refractivity contribution is -0.129. The van der Waals surface area contributed by atoms with Crippen molar-refractivity contribution in [3.63, 3.8) is 0 Å². The second kappa shape index (κ2) is 5.72. The van der Waals surface area contributed by atoms with E-state index in [2.05, 4.69) is 5.32 Å². The van der Waals surface area contributed by atoms with Gasteiger partial charge in [0, 0.05) is 32.0 Å². The van der Waals surface area contributed by atoms with E-state index < -0.39 is 0 Å². The van der Waals surface area contributed by atoms with Crippen LogP contribution in [0.5, 0.6) is 0 Å². The zero-order chi connectivity index (χ0) is 14.1. The molecule has 1 aliphatic heterocycles. The van der Waals surface area contributed by atoms with Crippen molar-refractivity contribution in [3.8, 4) is 0 Å². The summed E-state index contributed by atoms with van der Waals surface area (Å²) in [7, 11) is 0. The first-order chi connectivity index (χ1) is 9.63. The van der Waals surface area contributed by atoms with E-state index in [0.29, 0.717) is 25.4 Å². The van der Waals surface area contributed by atoms with Crippen LogP contribution in [-0.4, -0.2) is 47.6 Å². The quantitative estimate of drug-likeness (QED) is 0.771. The average molecular weight is 280 g/mol. The molecule has 0 bridgehead atoms. The molecule has 0 spiro atoms. The summed E-state index contributed by atoms with van der Waals surface area (Å²) >= 11 is 0. The predicted molar refractivity (Wildman–Crippen MR) is 73.8 cm³/mol. The number of hydrogen-bond acceptors (Lipinski definition) is 3. The van der Waals surface area contributed by atoms with Gasteiger partial charge in [0.05, 0.1) is 12.0 Å². The minimum absolute atomic E-state index is 0.0178. The van der Waals surface area contributed by atoms with Crippen LogP contribution in [0.1, 0.15) is 38.5 Å². The highest BCUT2D eigenvalue weighted by Crippen LogP contribution is 2.32. The highest BCUT2D eigenvalue weighted by molar-refractivity contribution is 5.89. The van der Waals surface area contributed by atoms with E-state index in [4.69, 9.17) is 0 Å². The number of nitrogens with one attached hydrogen (secondary N) is 1. The van der Waals surface area contributed by atoms with Crippen LogP contribution in [0, 0.1) is 17.8 Å². The molecule has 0 aromatic rings. The summed E-state index contributed by atoms with van der Waals surface area (Å²) in [6.07, 6.45) is 5.40. The number of nitrogens with zero attached hydrogens (tertiary/aromatic N) is 1. The van der Waals surface area contributed by atoms with E-state index >= 15 is 0 Å². The van der Waals surface area contributed by atoms with Gasteiger partial charge in [-0.3, -0.25) is 9.59 Å². The van der Waals surface area contributed by atoms with Gasteiger partial charge >= 0.3 is 0 Å². The Morgan fingerprint density at radius 1 is 1.30 bits per heavy atom. The Morgan fingerprint density at radius 3 is 2.75 bits per heavy atom. The van der Waals surface area contributed by atoms with Crippen molar-refractivity contribution >= 4 is 11.8 Å². The smallest absolute Gasteiger partial charge is 0.225 e. The van der Waals surface area contributed by atoms with Gasteiger partial charge in [-0.2, -0.15) is 0 Å². The Morgan fingerprint density at radius 2 is 2.10 bits per heavy atom. The third-order valence-electron chi connectivity index (χ3n) is 4.92. The first-order valence-corrected chi connectivity index (χ1v) is 7.87. The molecule has 3 rings (SSSR count). The van der Waals surface area contributed by atoms with E-state index in [-0.39, 0.29) is 29.8 Å². The fourth-order valence-corrected chi connectivity index (χ4v) is 3.37. The molecule has 5 nitrogen and oxygen atoms in total. The molecule has 3 atom stereocenters. The summed E-state index contributed by atoms with van der Waals surface area (Å²) in [6.45, 7) is 1.96. The summed E-state index contributed by atoms with van der Waals surface area (Å²) in [6, 6.07) is 0. The fourth-order valence-electron chi connectivity index (χ4n) is 3.37. The van der Waals surface area contributed by atoms with E-state index in [0.717, 1.165) is 25.8 Å². The van der Waals surface area contributed by atoms with Crippen molar-refractivity contribution in [3.05, 3.63) is 0 Å². The maximum atomic E-state index is 12.1. The van der Waals surface area contributed by atoms with Gasteiger partial charge in [0.1, 0.15) is 0 Å². The molecule has 3 fully saturated rings. The van der Waals surface area contributed by atoms with Crippen molar-refractivity contribution in [2.24, 2.45) is 17.8 Å². The number of aliphatic hydroxyl groups excluding tert-OH is 1. The molecule has 0 aromatic carbocycles. The van der Waals surface area contributed by atoms with Crippen LogP contribution in [0.3, 0.4) is 0 Å². The zero-order valence-corrected chi connectivity index (χ0v) is 11.9. The van der Waals surface area contributed by atoms with Crippen molar-refractivity contribution in [1.29, 1.82) is 0 Å². The van der Waals surface area contributed by atoms with Gasteiger partial charge in [0.25, 0.3) is 0 Å². The Labute approximate surface area is 119 Å². The van der Waals surface area contributed by atoms with Crippen LogP contribution >= 0.6 is 0 Å². The Hall–Kier alpha value is -1.10. The van der Waals surface area contributed by atoms with Crippen LogP contribution in [0.15, 0.2) is 0 Å². The maximum absolute atomic E-state index is 12.1. The molecular weight excluding hydrogens is 256 g/mol. The monoisotopic (exact) mass is 280 g/mol. The minimum atomic E-state index is -0.271. The van der Waals surface area contributed by atoms with E-state index in [9.17, 15) is 14.7 Å². The van der Waals surface area contributed by atoms with E-state index in [1.54, 1.807) is 0 Å². The normalized spacial score (nSPS) is 33.8. The molecular formula is C15H24N2O3. The van der Waals surface area contributed by atoms with Crippen molar-refractivity contribution < 1.29 is 14.7 Å². The second-order valence-electron chi connectivity index (χ2n) is 6.65. The minimum Gasteiger partial charge on any atom is -0.393 e. The molecule has 1 saturated heterocycles. The number of carbonyl (C=O) groups is 2. The largest absolute Gasteiger partial charge is 0.393 e. The predicted octanol–water partition coefficient (Wildman–Crippen LogP) is 0.522. The van der Waals surface area contributed by atoms with E-state index in [1.165, 1.54) is 12.8 Å². The summed E-state index contributed by atoms with van der Waals surface area (Å²) in [5.74, 6) is 0.779. The Bertz CT molecular complexity index is 395. The molecule has 20 heavy (non-hydrogen) atoms. The number of amides is 2. The molecule has 3 unspecified atom stereocenters. The number of rotatable bonds is 5.